The molecule has 0 amide bonds. The topological polar surface area (TPSA) is 43.6 Å². The van der Waals surface area contributed by atoms with Gasteiger partial charge in [-0.15, -0.1) is 0 Å². The molecule has 2 aromatic heterocycles. The molecule has 0 saturated heterocycles. The number of rotatable bonds is 7. The SMILES string of the molecule is CC1(c2ccc(-c3nc(-c4ccc(-c5ccccc5)cc4)nc(-c4ccc5c6ccccc6n(-c6cccc7ccccc67)c5c4)n3)cc2)C=CC(c2ccccc2)=CC1. The van der Waals surface area contributed by atoms with Crippen LogP contribution in [0.25, 0.3) is 89.1 Å². The summed E-state index contributed by atoms with van der Waals surface area (Å²) in [7, 11) is 0. The summed E-state index contributed by atoms with van der Waals surface area (Å²) >= 11 is 0. The number of allylic oxidation sites excluding steroid dienone is 4. The van der Waals surface area contributed by atoms with Crippen molar-refractivity contribution in [1.29, 1.82) is 0 Å². The molecule has 2 heterocycles. The Kier molecular flexibility index (Phi) is 8.63. The van der Waals surface area contributed by atoms with E-state index in [1.54, 1.807) is 0 Å². The van der Waals surface area contributed by atoms with Crippen molar-refractivity contribution in [3.63, 3.8) is 0 Å². The molecular formula is C56H40N4. The lowest BCUT2D eigenvalue weighted by Crippen LogP contribution is -2.20. The summed E-state index contributed by atoms with van der Waals surface area (Å²) in [6.07, 6.45) is 7.88. The number of hydrogen-bond donors (Lipinski definition) is 0. The second kappa shape index (κ2) is 14.6. The number of para-hydroxylation sites is 1. The number of aromatic nitrogens is 4. The van der Waals surface area contributed by atoms with Gasteiger partial charge in [0.1, 0.15) is 0 Å². The molecule has 0 saturated carbocycles. The van der Waals surface area contributed by atoms with E-state index in [1.807, 2.05) is 6.07 Å². The fraction of sp³-hybridized carbons (Fsp3) is 0.0536. The molecule has 60 heavy (non-hydrogen) atoms. The maximum Gasteiger partial charge on any atom is 0.164 e. The van der Waals surface area contributed by atoms with Gasteiger partial charge in [-0.3, -0.25) is 0 Å². The molecule has 0 spiro atoms. The average Bonchev–Trinajstić information content (AvgIpc) is 3.65. The third-order valence-electron chi connectivity index (χ3n) is 12.1. The van der Waals surface area contributed by atoms with Crippen LogP contribution in [0.1, 0.15) is 24.5 Å². The lowest BCUT2D eigenvalue weighted by molar-refractivity contribution is 0.601. The Balaban J connectivity index is 1.03. The summed E-state index contributed by atoms with van der Waals surface area (Å²) in [6.45, 7) is 2.31. The van der Waals surface area contributed by atoms with Gasteiger partial charge in [-0.25, -0.2) is 15.0 Å². The number of hydrogen-bond acceptors (Lipinski definition) is 3. The maximum atomic E-state index is 5.23. The smallest absolute Gasteiger partial charge is 0.164 e. The van der Waals surface area contributed by atoms with Crippen LogP contribution in [0.4, 0.5) is 0 Å². The molecule has 1 aliphatic rings. The Hall–Kier alpha value is -7.69. The molecule has 11 rings (SSSR count). The monoisotopic (exact) mass is 768 g/mol. The summed E-state index contributed by atoms with van der Waals surface area (Å²) < 4.78 is 2.39. The Morgan fingerprint density at radius 1 is 0.433 bits per heavy atom. The molecule has 1 atom stereocenters. The zero-order chi connectivity index (χ0) is 40.0. The molecule has 0 radical (unpaired) electrons. The van der Waals surface area contributed by atoms with E-state index in [0.717, 1.165) is 45.4 Å². The van der Waals surface area contributed by atoms with Crippen molar-refractivity contribution in [2.75, 3.05) is 0 Å². The van der Waals surface area contributed by atoms with Gasteiger partial charge in [-0.05, 0) is 57.8 Å². The molecule has 1 unspecified atom stereocenters. The zero-order valence-corrected chi connectivity index (χ0v) is 33.2. The van der Waals surface area contributed by atoms with Gasteiger partial charge in [0.15, 0.2) is 17.5 Å². The molecule has 0 fully saturated rings. The van der Waals surface area contributed by atoms with Crippen LogP contribution in [0, 0.1) is 0 Å². The van der Waals surface area contributed by atoms with Gasteiger partial charge in [0.25, 0.3) is 0 Å². The summed E-state index contributed by atoms with van der Waals surface area (Å²) in [5, 5.41) is 4.79. The van der Waals surface area contributed by atoms with E-state index in [9.17, 15) is 0 Å². The van der Waals surface area contributed by atoms with E-state index in [2.05, 4.69) is 218 Å². The summed E-state index contributed by atoms with van der Waals surface area (Å²) in [6, 6.07) is 68.7. The second-order valence-corrected chi connectivity index (χ2v) is 15.9. The van der Waals surface area contributed by atoms with E-state index < -0.39 is 0 Å². The first kappa shape index (κ1) is 35.5. The van der Waals surface area contributed by atoms with Gasteiger partial charge in [0, 0.05) is 38.3 Å². The molecule has 0 bridgehead atoms. The van der Waals surface area contributed by atoms with Gasteiger partial charge in [0.05, 0.1) is 16.7 Å². The second-order valence-electron chi connectivity index (χ2n) is 15.9. The maximum absolute atomic E-state index is 5.23. The molecule has 0 aliphatic heterocycles. The van der Waals surface area contributed by atoms with Crippen molar-refractivity contribution in [2.45, 2.75) is 18.8 Å². The molecule has 1 aliphatic carbocycles. The number of benzene rings is 8. The summed E-state index contributed by atoms with van der Waals surface area (Å²) in [5.74, 6) is 1.90. The fourth-order valence-corrected chi connectivity index (χ4v) is 8.77. The minimum absolute atomic E-state index is 0.120. The zero-order valence-electron chi connectivity index (χ0n) is 33.2. The Bertz CT molecular complexity index is 3260. The highest BCUT2D eigenvalue weighted by Crippen LogP contribution is 2.39. The summed E-state index contributed by atoms with van der Waals surface area (Å²) in [5.41, 5.74) is 12.2. The van der Waals surface area contributed by atoms with Gasteiger partial charge in [-0.2, -0.15) is 0 Å². The fourth-order valence-electron chi connectivity index (χ4n) is 8.77. The molecule has 284 valence electrons. The highest BCUT2D eigenvalue weighted by atomic mass is 15.0. The van der Waals surface area contributed by atoms with Crippen LogP contribution in [-0.4, -0.2) is 19.5 Å². The first-order valence-corrected chi connectivity index (χ1v) is 20.6. The molecule has 0 N–H and O–H groups in total. The van der Waals surface area contributed by atoms with E-state index >= 15 is 0 Å². The molecule has 8 aromatic carbocycles. The highest BCUT2D eigenvalue weighted by Gasteiger charge is 2.26. The van der Waals surface area contributed by atoms with E-state index in [0.29, 0.717) is 17.5 Å². The Morgan fingerprint density at radius 2 is 0.967 bits per heavy atom. The van der Waals surface area contributed by atoms with Crippen molar-refractivity contribution in [3.8, 4) is 51.0 Å². The van der Waals surface area contributed by atoms with Crippen molar-refractivity contribution in [3.05, 3.63) is 223 Å². The molecule has 4 nitrogen and oxygen atoms in total. The molecule has 4 heteroatoms. The van der Waals surface area contributed by atoms with Gasteiger partial charge < -0.3 is 4.57 Å². The van der Waals surface area contributed by atoms with E-state index in [1.165, 1.54) is 43.8 Å². The van der Waals surface area contributed by atoms with Crippen molar-refractivity contribution >= 4 is 38.2 Å². The van der Waals surface area contributed by atoms with E-state index in [-0.39, 0.29) is 5.41 Å². The third-order valence-corrected chi connectivity index (χ3v) is 12.1. The van der Waals surface area contributed by atoms with Crippen molar-refractivity contribution < 1.29 is 0 Å². The van der Waals surface area contributed by atoms with Gasteiger partial charge in [-0.1, -0.05) is 201 Å². The standard InChI is InChI=1S/C56H40N4/c1-56(35-33-41(34-36-56)39-15-6-3-7-16-39)46-30-27-44(28-31-46)54-57-53(43-25-23-40(24-26-43)38-13-4-2-5-14-38)58-55(59-54)45-29-32-49-48-20-10-11-21-51(48)60(52(49)37-45)50-22-12-18-42-17-8-9-19-47(42)50/h2-35,37H,36H2,1H3. The van der Waals surface area contributed by atoms with Crippen LogP contribution in [0.15, 0.2) is 212 Å². The van der Waals surface area contributed by atoms with Crippen LogP contribution >= 0.6 is 0 Å². The van der Waals surface area contributed by atoms with Crippen molar-refractivity contribution in [1.82, 2.24) is 19.5 Å². The lowest BCUT2D eigenvalue weighted by Gasteiger charge is -2.29. The Labute approximate surface area is 349 Å². The Morgan fingerprint density at radius 3 is 1.67 bits per heavy atom. The van der Waals surface area contributed by atoms with Crippen molar-refractivity contribution in [2.24, 2.45) is 0 Å². The quantitative estimate of drug-likeness (QED) is 0.162. The largest absolute Gasteiger partial charge is 0.309 e. The number of nitrogens with zero attached hydrogens (tertiary/aromatic N) is 4. The van der Waals surface area contributed by atoms with Crippen LogP contribution in [0.5, 0.6) is 0 Å². The number of fused-ring (bicyclic) bond motifs is 4. The van der Waals surface area contributed by atoms with Gasteiger partial charge >= 0.3 is 0 Å². The minimum atomic E-state index is -0.120. The van der Waals surface area contributed by atoms with Crippen LogP contribution in [-0.2, 0) is 5.41 Å². The van der Waals surface area contributed by atoms with Crippen LogP contribution < -0.4 is 0 Å². The highest BCUT2D eigenvalue weighted by molar-refractivity contribution is 6.11. The predicted molar refractivity (Wildman–Crippen MR) is 249 cm³/mol. The van der Waals surface area contributed by atoms with E-state index in [4.69, 9.17) is 15.0 Å². The lowest BCUT2D eigenvalue weighted by atomic mass is 9.75. The van der Waals surface area contributed by atoms with Gasteiger partial charge in [0.2, 0.25) is 0 Å². The molecule has 10 aromatic rings. The first-order valence-electron chi connectivity index (χ1n) is 20.6. The predicted octanol–water partition coefficient (Wildman–Crippen LogP) is 14.1. The normalized spacial score (nSPS) is 15.1. The average molecular weight is 769 g/mol. The molecular weight excluding hydrogens is 729 g/mol. The third kappa shape index (κ3) is 6.30. The minimum Gasteiger partial charge on any atom is -0.309 e. The summed E-state index contributed by atoms with van der Waals surface area (Å²) in [4.78, 5) is 15.6. The van der Waals surface area contributed by atoms with Crippen LogP contribution in [0.3, 0.4) is 0 Å². The van der Waals surface area contributed by atoms with Crippen LogP contribution in [0.2, 0.25) is 0 Å². The first-order chi connectivity index (χ1) is 29.6.